The lowest BCUT2D eigenvalue weighted by Gasteiger charge is -2.16. The topological polar surface area (TPSA) is 70.1 Å². The minimum absolute atomic E-state index is 0.190. The maximum absolute atomic E-state index is 8.86. The Labute approximate surface area is 90.0 Å². The molecule has 1 atom stereocenters. The van der Waals surface area contributed by atoms with Gasteiger partial charge >= 0.3 is 0 Å². The summed E-state index contributed by atoms with van der Waals surface area (Å²) >= 11 is 0. The maximum Gasteiger partial charge on any atom is 0.131 e. The lowest BCUT2D eigenvalue weighted by molar-refractivity contribution is 0.278. The number of hydrogen-bond donors (Lipinski definition) is 3. The van der Waals surface area contributed by atoms with Crippen molar-refractivity contribution in [1.29, 1.82) is 0 Å². The molecule has 0 aliphatic rings. The minimum atomic E-state index is 0.190. The first-order chi connectivity index (χ1) is 7.30. The Morgan fingerprint density at radius 1 is 1.40 bits per heavy atom. The second kappa shape index (κ2) is 6.19. The Morgan fingerprint density at radius 2 is 2.13 bits per heavy atom. The second-order valence-electron chi connectivity index (χ2n) is 3.30. The summed E-state index contributed by atoms with van der Waals surface area (Å²) in [5.41, 5.74) is 0. The molecule has 0 radical (unpaired) electrons. The van der Waals surface area contributed by atoms with Gasteiger partial charge in [0, 0.05) is 25.8 Å². The lowest BCUT2D eigenvalue weighted by atomic mass is 10.1. The number of aliphatic hydroxyl groups is 1. The Kier molecular flexibility index (Phi) is 4.83. The van der Waals surface area contributed by atoms with Gasteiger partial charge in [0.2, 0.25) is 0 Å². The Bertz CT molecular complexity index is 293. The van der Waals surface area contributed by atoms with Gasteiger partial charge in [-0.15, -0.1) is 0 Å². The number of nitrogens with one attached hydrogen (secondary N) is 2. The number of aliphatic hydroxyl groups excluding tert-OH is 1. The predicted octanol–water partition coefficient (Wildman–Crippen LogP) is 1.09. The average Bonchev–Trinajstić information content (AvgIpc) is 2.29. The molecular weight excluding hydrogens is 192 g/mol. The highest BCUT2D eigenvalue weighted by molar-refractivity contribution is 5.46. The van der Waals surface area contributed by atoms with E-state index in [0.717, 1.165) is 24.5 Å². The highest BCUT2D eigenvalue weighted by Crippen LogP contribution is 2.11. The lowest BCUT2D eigenvalue weighted by Crippen LogP contribution is -2.20. The fourth-order valence-corrected chi connectivity index (χ4v) is 1.32. The molecule has 0 aliphatic carbocycles. The van der Waals surface area contributed by atoms with Crippen LogP contribution in [0.25, 0.3) is 0 Å². The first-order valence-corrected chi connectivity index (χ1v) is 5.17. The third-order valence-electron chi connectivity index (χ3n) is 2.25. The fourth-order valence-electron chi connectivity index (χ4n) is 1.32. The van der Waals surface area contributed by atoms with E-state index >= 15 is 0 Å². The van der Waals surface area contributed by atoms with Gasteiger partial charge in [-0.25, -0.2) is 9.97 Å². The molecule has 0 aliphatic heterocycles. The van der Waals surface area contributed by atoms with Crippen molar-refractivity contribution >= 4 is 11.6 Å². The first-order valence-electron chi connectivity index (χ1n) is 5.17. The molecule has 0 amide bonds. The van der Waals surface area contributed by atoms with Crippen LogP contribution in [0.1, 0.15) is 19.8 Å². The molecule has 84 valence electrons. The molecule has 0 aromatic carbocycles. The van der Waals surface area contributed by atoms with Gasteiger partial charge in [0.15, 0.2) is 0 Å². The zero-order valence-electron chi connectivity index (χ0n) is 9.20. The maximum atomic E-state index is 8.86. The molecule has 0 saturated heterocycles. The van der Waals surface area contributed by atoms with E-state index in [2.05, 4.69) is 27.5 Å². The molecule has 1 aromatic rings. The van der Waals surface area contributed by atoms with Crippen molar-refractivity contribution < 1.29 is 5.11 Å². The van der Waals surface area contributed by atoms with Crippen LogP contribution in [-0.2, 0) is 0 Å². The van der Waals surface area contributed by atoms with Crippen molar-refractivity contribution in [1.82, 2.24) is 9.97 Å². The summed E-state index contributed by atoms with van der Waals surface area (Å²) in [5, 5.41) is 15.1. The van der Waals surface area contributed by atoms with Gasteiger partial charge in [-0.3, -0.25) is 0 Å². The summed E-state index contributed by atoms with van der Waals surface area (Å²) in [6.45, 7) is 2.27. The number of rotatable bonds is 6. The molecule has 0 spiro atoms. The third kappa shape index (κ3) is 3.71. The van der Waals surface area contributed by atoms with E-state index in [4.69, 9.17) is 5.11 Å². The summed E-state index contributed by atoms with van der Waals surface area (Å²) in [5.74, 6) is 1.57. The monoisotopic (exact) mass is 210 g/mol. The van der Waals surface area contributed by atoms with Crippen molar-refractivity contribution in [2.45, 2.75) is 25.8 Å². The smallest absolute Gasteiger partial charge is 0.131 e. The van der Waals surface area contributed by atoms with Crippen LogP contribution in [0, 0.1) is 0 Å². The van der Waals surface area contributed by atoms with Crippen LogP contribution in [0.3, 0.4) is 0 Å². The normalized spacial score (nSPS) is 12.2. The molecule has 1 rings (SSSR count). The van der Waals surface area contributed by atoms with Crippen molar-refractivity contribution in [3.05, 3.63) is 12.4 Å². The van der Waals surface area contributed by atoms with E-state index in [1.54, 1.807) is 0 Å². The van der Waals surface area contributed by atoms with E-state index in [1.165, 1.54) is 6.33 Å². The summed E-state index contributed by atoms with van der Waals surface area (Å²) in [4.78, 5) is 8.14. The molecule has 1 aromatic heterocycles. The largest absolute Gasteiger partial charge is 0.396 e. The van der Waals surface area contributed by atoms with E-state index in [1.807, 2.05) is 13.1 Å². The van der Waals surface area contributed by atoms with Crippen LogP contribution in [-0.4, -0.2) is 34.8 Å². The molecule has 0 bridgehead atoms. The van der Waals surface area contributed by atoms with Crippen LogP contribution in [0.2, 0.25) is 0 Å². The molecule has 0 fully saturated rings. The van der Waals surface area contributed by atoms with Crippen LogP contribution >= 0.6 is 0 Å². The Balaban J connectivity index is 2.61. The number of hydrogen-bond acceptors (Lipinski definition) is 5. The van der Waals surface area contributed by atoms with E-state index in [9.17, 15) is 0 Å². The van der Waals surface area contributed by atoms with Gasteiger partial charge in [0.1, 0.15) is 18.0 Å². The summed E-state index contributed by atoms with van der Waals surface area (Å²) in [7, 11) is 1.82. The zero-order chi connectivity index (χ0) is 11.1. The van der Waals surface area contributed by atoms with E-state index < -0.39 is 0 Å². The van der Waals surface area contributed by atoms with E-state index in [-0.39, 0.29) is 12.6 Å². The predicted molar refractivity (Wildman–Crippen MR) is 61.0 cm³/mol. The Morgan fingerprint density at radius 3 is 2.73 bits per heavy atom. The van der Waals surface area contributed by atoms with E-state index in [0.29, 0.717) is 0 Å². The van der Waals surface area contributed by atoms with Crippen molar-refractivity contribution in [2.24, 2.45) is 0 Å². The molecule has 5 heteroatoms. The standard InChI is InChI=1S/C10H18N4O/c1-3-8(4-5-15)14-10-6-9(11-2)12-7-13-10/h6-8,15H,3-5H2,1-2H3,(H2,11,12,13,14). The molecule has 1 heterocycles. The molecule has 5 nitrogen and oxygen atoms in total. The zero-order valence-corrected chi connectivity index (χ0v) is 9.20. The third-order valence-corrected chi connectivity index (χ3v) is 2.25. The first kappa shape index (κ1) is 11.7. The SMILES string of the molecule is CCC(CCO)Nc1cc(NC)ncn1. The molecular formula is C10H18N4O. The van der Waals surface area contributed by atoms with Crippen LogP contribution in [0.4, 0.5) is 11.6 Å². The molecule has 0 saturated carbocycles. The number of aromatic nitrogens is 2. The second-order valence-corrected chi connectivity index (χ2v) is 3.30. The van der Waals surface area contributed by atoms with Crippen molar-refractivity contribution in [3.8, 4) is 0 Å². The van der Waals surface area contributed by atoms with Crippen LogP contribution < -0.4 is 10.6 Å². The highest BCUT2D eigenvalue weighted by atomic mass is 16.3. The molecule has 1 unspecified atom stereocenters. The highest BCUT2D eigenvalue weighted by Gasteiger charge is 2.06. The number of anilines is 2. The number of nitrogens with zero attached hydrogens (tertiary/aromatic N) is 2. The van der Waals surface area contributed by atoms with Crippen molar-refractivity contribution in [2.75, 3.05) is 24.3 Å². The van der Waals surface area contributed by atoms with Gasteiger partial charge in [0.25, 0.3) is 0 Å². The summed E-state index contributed by atoms with van der Waals surface area (Å²) in [6, 6.07) is 2.11. The summed E-state index contributed by atoms with van der Waals surface area (Å²) < 4.78 is 0. The summed E-state index contributed by atoms with van der Waals surface area (Å²) in [6.07, 6.45) is 3.20. The quantitative estimate of drug-likeness (QED) is 0.655. The van der Waals surface area contributed by atoms with Crippen molar-refractivity contribution in [3.63, 3.8) is 0 Å². The fraction of sp³-hybridized carbons (Fsp3) is 0.600. The van der Waals surface area contributed by atoms with Gasteiger partial charge in [-0.1, -0.05) is 6.92 Å². The van der Waals surface area contributed by atoms with Gasteiger partial charge in [-0.05, 0) is 12.8 Å². The van der Waals surface area contributed by atoms with Crippen LogP contribution in [0.5, 0.6) is 0 Å². The van der Waals surface area contributed by atoms with Gasteiger partial charge in [-0.2, -0.15) is 0 Å². The average molecular weight is 210 g/mol. The minimum Gasteiger partial charge on any atom is -0.396 e. The Hall–Kier alpha value is -1.36. The van der Waals surface area contributed by atoms with Gasteiger partial charge in [0.05, 0.1) is 0 Å². The molecule has 15 heavy (non-hydrogen) atoms. The van der Waals surface area contributed by atoms with Gasteiger partial charge < -0.3 is 15.7 Å². The molecule has 3 N–H and O–H groups in total. The van der Waals surface area contributed by atoms with Crippen LogP contribution in [0.15, 0.2) is 12.4 Å².